The number of hydrogen-bond donors (Lipinski definition) is 0. The van der Waals surface area contributed by atoms with Crippen LogP contribution in [-0.2, 0) is 22.4 Å². The smallest absolute Gasteiger partial charge is 0.344 e. The van der Waals surface area contributed by atoms with E-state index in [1.165, 1.54) is 11.1 Å². The predicted octanol–water partition coefficient (Wildman–Crippen LogP) is 4.02. The molecule has 4 nitrogen and oxygen atoms in total. The summed E-state index contributed by atoms with van der Waals surface area (Å²) in [6.07, 6.45) is 2.32. The third kappa shape index (κ3) is 4.20. The van der Waals surface area contributed by atoms with Crippen LogP contribution in [0.1, 0.15) is 34.8 Å². The summed E-state index contributed by atoms with van der Waals surface area (Å²) in [6, 6.07) is 12.6. The highest BCUT2D eigenvalue weighted by atomic mass is 35.5. The Morgan fingerprint density at radius 2 is 1.88 bits per heavy atom. The monoisotopic (exact) mass is 358 g/mol. The van der Waals surface area contributed by atoms with Gasteiger partial charge in [0.1, 0.15) is 5.75 Å². The number of benzene rings is 2. The van der Waals surface area contributed by atoms with Gasteiger partial charge in [-0.05, 0) is 55.5 Å². The quantitative estimate of drug-likeness (QED) is 0.578. The number of Topliss-reactive ketones (excluding diaryl/α,β-unsaturated/α-hetero) is 1. The highest BCUT2D eigenvalue weighted by Crippen LogP contribution is 2.24. The van der Waals surface area contributed by atoms with Gasteiger partial charge in [0.05, 0.1) is 5.02 Å². The first-order valence-electron chi connectivity index (χ1n) is 8.27. The molecule has 0 heterocycles. The number of ether oxygens (including phenoxy) is 2. The number of carbonyl (C=O) groups excluding carboxylic acids is 2. The molecule has 0 N–H and O–H groups in total. The lowest BCUT2D eigenvalue weighted by Crippen LogP contribution is -2.27. The van der Waals surface area contributed by atoms with Gasteiger partial charge in [-0.25, -0.2) is 4.79 Å². The van der Waals surface area contributed by atoms with Crippen LogP contribution in [-0.4, -0.2) is 24.5 Å². The SMILES string of the molecule is C[C@@H](OC(=O)COc1ccccc1Cl)C(=O)c1ccc2c(c1)CCC2. The highest BCUT2D eigenvalue weighted by Gasteiger charge is 2.21. The predicted molar refractivity (Wildman–Crippen MR) is 95.3 cm³/mol. The number of hydrogen-bond acceptors (Lipinski definition) is 4. The molecule has 1 aliphatic carbocycles. The number of carbonyl (C=O) groups is 2. The Labute approximate surface area is 151 Å². The van der Waals surface area contributed by atoms with E-state index in [2.05, 4.69) is 0 Å². The lowest BCUT2D eigenvalue weighted by Gasteiger charge is -2.14. The van der Waals surface area contributed by atoms with Crippen molar-refractivity contribution in [1.29, 1.82) is 0 Å². The van der Waals surface area contributed by atoms with E-state index in [9.17, 15) is 9.59 Å². The number of rotatable bonds is 6. The molecule has 0 saturated heterocycles. The molecule has 3 rings (SSSR count). The number of aryl methyl sites for hydroxylation is 2. The first kappa shape index (κ1) is 17.5. The Morgan fingerprint density at radius 3 is 2.68 bits per heavy atom. The van der Waals surface area contributed by atoms with Crippen LogP contribution in [0, 0.1) is 0 Å². The summed E-state index contributed by atoms with van der Waals surface area (Å²) in [5, 5.41) is 0.414. The molecule has 0 fully saturated rings. The molecule has 0 bridgehead atoms. The third-order valence-electron chi connectivity index (χ3n) is 4.24. The fourth-order valence-corrected chi connectivity index (χ4v) is 3.13. The molecule has 0 amide bonds. The van der Waals surface area contributed by atoms with Gasteiger partial charge in [0, 0.05) is 5.56 Å². The van der Waals surface area contributed by atoms with Crippen molar-refractivity contribution < 1.29 is 19.1 Å². The van der Waals surface area contributed by atoms with Crippen molar-refractivity contribution >= 4 is 23.4 Å². The van der Waals surface area contributed by atoms with Crippen LogP contribution >= 0.6 is 11.6 Å². The molecule has 0 unspecified atom stereocenters. The zero-order valence-corrected chi connectivity index (χ0v) is 14.7. The largest absolute Gasteiger partial charge is 0.480 e. The summed E-state index contributed by atoms with van der Waals surface area (Å²) in [5.74, 6) is -0.415. The van der Waals surface area contributed by atoms with Crippen LogP contribution in [0.5, 0.6) is 5.75 Å². The number of fused-ring (bicyclic) bond motifs is 1. The molecule has 1 aliphatic rings. The molecule has 0 saturated carbocycles. The van der Waals surface area contributed by atoms with Gasteiger partial charge in [0.25, 0.3) is 0 Å². The maximum absolute atomic E-state index is 12.5. The van der Waals surface area contributed by atoms with Crippen molar-refractivity contribution in [3.05, 3.63) is 64.2 Å². The molecule has 0 aromatic heterocycles. The highest BCUT2D eigenvalue weighted by molar-refractivity contribution is 6.32. The normalized spacial score (nSPS) is 13.8. The maximum Gasteiger partial charge on any atom is 0.344 e. The molecule has 0 aliphatic heterocycles. The van der Waals surface area contributed by atoms with E-state index in [-0.39, 0.29) is 12.4 Å². The molecule has 1 atom stereocenters. The van der Waals surface area contributed by atoms with Gasteiger partial charge in [0.15, 0.2) is 12.7 Å². The Kier molecular flexibility index (Phi) is 5.39. The van der Waals surface area contributed by atoms with Crippen molar-refractivity contribution in [3.8, 4) is 5.75 Å². The standard InChI is InChI=1S/C20H19ClO4/c1-13(20(23)16-10-9-14-5-4-6-15(14)11-16)25-19(22)12-24-18-8-3-2-7-17(18)21/h2-3,7-11,13H,4-6,12H2,1H3/t13-/m1/s1. The van der Waals surface area contributed by atoms with E-state index in [4.69, 9.17) is 21.1 Å². The molecule has 2 aromatic carbocycles. The number of para-hydroxylation sites is 1. The van der Waals surface area contributed by atoms with Gasteiger partial charge >= 0.3 is 5.97 Å². The van der Waals surface area contributed by atoms with Crippen molar-refractivity contribution in [1.82, 2.24) is 0 Å². The van der Waals surface area contributed by atoms with Crippen LogP contribution in [0.25, 0.3) is 0 Å². The molecular weight excluding hydrogens is 340 g/mol. The van der Waals surface area contributed by atoms with E-state index >= 15 is 0 Å². The van der Waals surface area contributed by atoms with E-state index in [1.54, 1.807) is 37.3 Å². The van der Waals surface area contributed by atoms with Gasteiger partial charge in [-0.1, -0.05) is 35.9 Å². The van der Waals surface area contributed by atoms with E-state index in [0.29, 0.717) is 16.3 Å². The van der Waals surface area contributed by atoms with Crippen LogP contribution in [0.2, 0.25) is 5.02 Å². The fourth-order valence-electron chi connectivity index (χ4n) is 2.94. The summed E-state index contributed by atoms with van der Waals surface area (Å²) >= 11 is 5.96. The van der Waals surface area contributed by atoms with Gasteiger partial charge in [0.2, 0.25) is 5.78 Å². The van der Waals surface area contributed by atoms with E-state index in [0.717, 1.165) is 19.3 Å². The van der Waals surface area contributed by atoms with Gasteiger partial charge in [-0.15, -0.1) is 0 Å². The fraction of sp³-hybridized carbons (Fsp3) is 0.300. The number of esters is 1. The van der Waals surface area contributed by atoms with Crippen molar-refractivity contribution in [2.75, 3.05) is 6.61 Å². The zero-order valence-electron chi connectivity index (χ0n) is 14.0. The lowest BCUT2D eigenvalue weighted by molar-refractivity contribution is -0.148. The van der Waals surface area contributed by atoms with Crippen molar-refractivity contribution in [2.24, 2.45) is 0 Å². The Balaban J connectivity index is 1.56. The summed E-state index contributed by atoms with van der Waals surface area (Å²) in [7, 11) is 0. The average Bonchev–Trinajstić information content (AvgIpc) is 3.08. The third-order valence-corrected chi connectivity index (χ3v) is 4.55. The minimum atomic E-state index is -0.859. The molecule has 5 heteroatoms. The number of halogens is 1. The Bertz CT molecular complexity index is 800. The van der Waals surface area contributed by atoms with Gasteiger partial charge in [-0.2, -0.15) is 0 Å². The minimum absolute atomic E-state index is 0.208. The van der Waals surface area contributed by atoms with Gasteiger partial charge < -0.3 is 9.47 Å². The Morgan fingerprint density at radius 1 is 1.12 bits per heavy atom. The zero-order chi connectivity index (χ0) is 17.8. The topological polar surface area (TPSA) is 52.6 Å². The average molecular weight is 359 g/mol. The summed E-state index contributed by atoms with van der Waals surface area (Å²) in [5.41, 5.74) is 3.09. The van der Waals surface area contributed by atoms with Crippen LogP contribution in [0.4, 0.5) is 0 Å². The molecule has 130 valence electrons. The van der Waals surface area contributed by atoms with Crippen molar-refractivity contribution in [2.45, 2.75) is 32.3 Å². The molecule has 2 aromatic rings. The maximum atomic E-state index is 12.5. The lowest BCUT2D eigenvalue weighted by atomic mass is 10.0. The summed E-state index contributed by atoms with van der Waals surface area (Å²) in [6.45, 7) is 1.27. The second kappa shape index (κ2) is 7.70. The molecule has 0 radical (unpaired) electrons. The van der Waals surface area contributed by atoms with Crippen LogP contribution in [0.15, 0.2) is 42.5 Å². The molecule has 0 spiro atoms. The summed E-state index contributed by atoms with van der Waals surface area (Å²) < 4.78 is 10.5. The van der Waals surface area contributed by atoms with E-state index < -0.39 is 12.1 Å². The second-order valence-electron chi connectivity index (χ2n) is 6.05. The second-order valence-corrected chi connectivity index (χ2v) is 6.46. The van der Waals surface area contributed by atoms with Crippen LogP contribution in [0.3, 0.4) is 0 Å². The van der Waals surface area contributed by atoms with Crippen LogP contribution < -0.4 is 4.74 Å². The van der Waals surface area contributed by atoms with E-state index in [1.807, 2.05) is 12.1 Å². The minimum Gasteiger partial charge on any atom is -0.480 e. The number of ketones is 1. The first-order chi connectivity index (χ1) is 12.0. The first-order valence-corrected chi connectivity index (χ1v) is 8.65. The molecular formula is C20H19ClO4. The van der Waals surface area contributed by atoms with Gasteiger partial charge in [-0.3, -0.25) is 4.79 Å². The Hall–Kier alpha value is -2.33. The summed E-state index contributed by atoms with van der Waals surface area (Å²) in [4.78, 5) is 24.4. The molecule has 25 heavy (non-hydrogen) atoms. The van der Waals surface area contributed by atoms with Crippen molar-refractivity contribution in [3.63, 3.8) is 0 Å².